The fourth-order valence-corrected chi connectivity index (χ4v) is 8.17. The topological polar surface area (TPSA) is 164 Å². The molecular weight excluding hydrogens is 739 g/mol. The van der Waals surface area contributed by atoms with Crippen LogP contribution in [0, 0.1) is 0 Å². The van der Waals surface area contributed by atoms with Crippen LogP contribution in [0.25, 0.3) is 5.65 Å². The molecular formula is C43H55N9O6. The molecule has 3 aliphatic heterocycles. The SMILES string of the molecule is CC(C)c1cnn2c(NCc3cccc(CCCCCCCOc4cccc5c4C(=O)N(C4CCC(=O)NC4=O)C5=O)c3N(C)C)nc(OC3CCN(C)CC3)nc12. The lowest BCUT2D eigenvalue weighted by Gasteiger charge is -2.28. The Morgan fingerprint density at radius 1 is 0.914 bits per heavy atom. The van der Waals surface area contributed by atoms with Crippen LogP contribution in [0.15, 0.2) is 42.6 Å². The Balaban J connectivity index is 0.913. The molecule has 2 aromatic heterocycles. The van der Waals surface area contributed by atoms with Crippen LogP contribution < -0.4 is 25.0 Å². The maximum absolute atomic E-state index is 13.4. The van der Waals surface area contributed by atoms with Gasteiger partial charge in [0.15, 0.2) is 5.65 Å². The van der Waals surface area contributed by atoms with Gasteiger partial charge in [0.05, 0.1) is 23.9 Å². The van der Waals surface area contributed by atoms with E-state index in [2.05, 4.69) is 78.7 Å². The van der Waals surface area contributed by atoms with E-state index in [0.29, 0.717) is 30.9 Å². The number of benzene rings is 2. The van der Waals surface area contributed by atoms with E-state index >= 15 is 0 Å². The lowest BCUT2D eigenvalue weighted by molar-refractivity contribution is -0.136. The fourth-order valence-electron chi connectivity index (χ4n) is 8.17. The van der Waals surface area contributed by atoms with Gasteiger partial charge in [0.2, 0.25) is 17.8 Å². The smallest absolute Gasteiger partial charge is 0.322 e. The van der Waals surface area contributed by atoms with Crippen molar-refractivity contribution in [2.24, 2.45) is 0 Å². The van der Waals surface area contributed by atoms with Gasteiger partial charge in [0.25, 0.3) is 11.8 Å². The average Bonchev–Trinajstić information content (AvgIpc) is 3.74. The normalized spacial score (nSPS) is 17.6. The van der Waals surface area contributed by atoms with E-state index in [0.717, 1.165) is 86.1 Å². The number of likely N-dealkylation sites (tertiary alicyclic amines) is 1. The number of nitrogens with one attached hydrogen (secondary N) is 2. The van der Waals surface area contributed by atoms with Gasteiger partial charge in [-0.1, -0.05) is 57.4 Å². The third kappa shape index (κ3) is 8.79. The van der Waals surface area contributed by atoms with Crippen molar-refractivity contribution in [3.63, 3.8) is 0 Å². The van der Waals surface area contributed by atoms with Gasteiger partial charge < -0.3 is 24.6 Å². The molecule has 2 aromatic carbocycles. The summed E-state index contributed by atoms with van der Waals surface area (Å²) in [5.74, 6) is -0.946. The molecule has 2 saturated heterocycles. The molecule has 0 radical (unpaired) electrons. The molecule has 0 spiro atoms. The first-order valence-electron chi connectivity index (χ1n) is 20.6. The summed E-state index contributed by atoms with van der Waals surface area (Å²) in [6.45, 7) is 7.21. The number of imide groups is 2. The van der Waals surface area contributed by atoms with Crippen molar-refractivity contribution in [3.8, 4) is 11.8 Å². The minimum Gasteiger partial charge on any atom is -0.493 e. The highest BCUT2D eigenvalue weighted by Crippen LogP contribution is 2.34. The molecule has 15 nitrogen and oxygen atoms in total. The van der Waals surface area contributed by atoms with Crippen LogP contribution in [-0.2, 0) is 22.6 Å². The molecule has 58 heavy (non-hydrogen) atoms. The number of unbranched alkanes of at least 4 members (excludes halogenated alkanes) is 4. The number of ether oxygens (including phenoxy) is 2. The summed E-state index contributed by atoms with van der Waals surface area (Å²) < 4.78 is 14.2. The lowest BCUT2D eigenvalue weighted by Crippen LogP contribution is -2.54. The maximum Gasteiger partial charge on any atom is 0.322 e. The van der Waals surface area contributed by atoms with Gasteiger partial charge in [-0.2, -0.15) is 19.6 Å². The van der Waals surface area contributed by atoms with Crippen LogP contribution in [0.2, 0.25) is 0 Å². The van der Waals surface area contributed by atoms with Crippen molar-refractivity contribution in [2.75, 3.05) is 51.1 Å². The van der Waals surface area contributed by atoms with Gasteiger partial charge in [0, 0.05) is 51.4 Å². The van der Waals surface area contributed by atoms with E-state index in [4.69, 9.17) is 19.4 Å². The summed E-state index contributed by atoms with van der Waals surface area (Å²) >= 11 is 0. The number of aromatic nitrogens is 4. The number of amides is 4. The zero-order chi connectivity index (χ0) is 40.9. The second-order valence-electron chi connectivity index (χ2n) is 16.1. The van der Waals surface area contributed by atoms with Crippen LogP contribution in [0.1, 0.15) is 115 Å². The van der Waals surface area contributed by atoms with Crippen molar-refractivity contribution in [1.29, 1.82) is 0 Å². The molecule has 0 saturated carbocycles. The fraction of sp³-hybridized carbons (Fsp3) is 0.512. The quantitative estimate of drug-likeness (QED) is 0.104. The Morgan fingerprint density at radius 2 is 1.66 bits per heavy atom. The van der Waals surface area contributed by atoms with Gasteiger partial charge in [-0.3, -0.25) is 29.4 Å². The van der Waals surface area contributed by atoms with Gasteiger partial charge in [-0.05, 0) is 74.8 Å². The number of piperidine rings is 2. The van der Waals surface area contributed by atoms with E-state index in [1.165, 1.54) is 11.3 Å². The van der Waals surface area contributed by atoms with Gasteiger partial charge in [-0.15, -0.1) is 0 Å². The number of rotatable bonds is 17. The first-order valence-corrected chi connectivity index (χ1v) is 20.6. The summed E-state index contributed by atoms with van der Waals surface area (Å²) in [5.41, 5.74) is 5.85. The molecule has 15 heteroatoms. The third-order valence-corrected chi connectivity index (χ3v) is 11.3. The number of para-hydroxylation sites is 1. The predicted octanol–water partition coefficient (Wildman–Crippen LogP) is 5.37. The van der Waals surface area contributed by atoms with Crippen LogP contribution in [0.4, 0.5) is 11.6 Å². The highest BCUT2D eigenvalue weighted by molar-refractivity contribution is 6.24. The minimum atomic E-state index is -1.01. The maximum atomic E-state index is 13.4. The molecule has 2 fully saturated rings. The van der Waals surface area contributed by atoms with Crippen LogP contribution in [0.5, 0.6) is 11.8 Å². The molecule has 7 rings (SSSR count). The lowest BCUT2D eigenvalue weighted by atomic mass is 10.00. The van der Waals surface area contributed by atoms with Gasteiger partial charge >= 0.3 is 6.01 Å². The van der Waals surface area contributed by atoms with E-state index in [1.807, 2.05) is 6.20 Å². The number of hydrogen-bond acceptors (Lipinski definition) is 12. The number of carbonyl (C=O) groups is 4. The molecule has 3 aliphatic rings. The molecule has 0 aliphatic carbocycles. The van der Waals surface area contributed by atoms with Crippen molar-refractivity contribution < 1.29 is 28.7 Å². The minimum absolute atomic E-state index is 0.0737. The number of anilines is 2. The zero-order valence-corrected chi connectivity index (χ0v) is 34.3. The van der Waals surface area contributed by atoms with Crippen molar-refractivity contribution >= 4 is 40.9 Å². The molecule has 2 N–H and O–H groups in total. The summed E-state index contributed by atoms with van der Waals surface area (Å²) in [6.07, 6.45) is 9.84. The highest BCUT2D eigenvalue weighted by Gasteiger charge is 2.46. The van der Waals surface area contributed by atoms with Crippen LogP contribution >= 0.6 is 0 Å². The Morgan fingerprint density at radius 3 is 2.41 bits per heavy atom. The molecule has 5 heterocycles. The van der Waals surface area contributed by atoms with E-state index in [-0.39, 0.29) is 36.0 Å². The second-order valence-corrected chi connectivity index (χ2v) is 16.1. The highest BCUT2D eigenvalue weighted by atomic mass is 16.5. The average molecular weight is 794 g/mol. The summed E-state index contributed by atoms with van der Waals surface area (Å²) in [6, 6.07) is 10.8. The number of fused-ring (bicyclic) bond motifs is 2. The number of aryl methyl sites for hydroxylation is 1. The first-order chi connectivity index (χ1) is 28.0. The molecule has 4 aromatic rings. The Bertz CT molecular complexity index is 2160. The summed E-state index contributed by atoms with van der Waals surface area (Å²) in [7, 11) is 6.30. The zero-order valence-electron chi connectivity index (χ0n) is 34.3. The second kappa shape index (κ2) is 17.9. The molecule has 1 atom stereocenters. The van der Waals surface area contributed by atoms with E-state index in [9.17, 15) is 19.2 Å². The Labute approximate surface area is 339 Å². The van der Waals surface area contributed by atoms with Gasteiger partial charge in [0.1, 0.15) is 17.9 Å². The standard InChI is InChI=1S/C43H55N9O6/c1-27(2)32-26-45-52-38(32)47-43(58-30-20-22-50(5)23-21-30)48-42(52)44-25-29-15-11-14-28(37(29)49(3)4)13-9-7-6-8-10-24-57-34-17-12-16-31-36(34)41(56)51(40(31)55)33-18-19-35(53)46-39(33)54/h11-12,14-17,26-27,30,33H,6-10,13,18-25H2,1-5H3,(H,44,47,48)(H,46,53,54). The van der Waals surface area contributed by atoms with Crippen molar-refractivity contribution in [3.05, 3.63) is 70.4 Å². The van der Waals surface area contributed by atoms with Crippen LogP contribution in [-0.4, -0.2) is 106 Å². The number of carbonyl (C=O) groups excluding carboxylic acids is 4. The number of nitrogens with zero attached hydrogens (tertiary/aromatic N) is 7. The predicted molar refractivity (Wildman–Crippen MR) is 220 cm³/mol. The monoisotopic (exact) mass is 793 g/mol. The molecule has 0 bridgehead atoms. The largest absolute Gasteiger partial charge is 0.493 e. The van der Waals surface area contributed by atoms with Crippen molar-refractivity contribution in [2.45, 2.75) is 103 Å². The van der Waals surface area contributed by atoms with E-state index < -0.39 is 29.7 Å². The molecule has 1 unspecified atom stereocenters. The summed E-state index contributed by atoms with van der Waals surface area (Å²) in [5, 5.41) is 10.5. The Hall–Kier alpha value is -5.57. The third-order valence-electron chi connectivity index (χ3n) is 11.3. The molecule has 308 valence electrons. The molecule has 4 amide bonds. The Kier molecular flexibility index (Phi) is 12.6. The first kappa shape index (κ1) is 40.6. The van der Waals surface area contributed by atoms with E-state index in [1.54, 1.807) is 22.7 Å². The van der Waals surface area contributed by atoms with Crippen LogP contribution in [0.3, 0.4) is 0 Å². The van der Waals surface area contributed by atoms with Gasteiger partial charge in [-0.25, -0.2) is 0 Å². The summed E-state index contributed by atoms with van der Waals surface area (Å²) in [4.78, 5) is 65.7. The van der Waals surface area contributed by atoms with Crippen molar-refractivity contribution in [1.82, 2.24) is 34.7 Å². The number of hydrogen-bond donors (Lipinski definition) is 2.